The molecule has 1 fully saturated rings. The molecule has 2 heterocycles. The topological polar surface area (TPSA) is 137 Å². The third-order valence-electron chi connectivity index (χ3n) is 4.68. The SMILES string of the molecule is CC(C)(C)C(=O)OC[C@H]1O[C@@H](n2c(=O)cc[nH]c2=O)[C@@](C)(O)[C@@H]1OC(=O)C(C)(C)C. The van der Waals surface area contributed by atoms with Crippen LogP contribution in [0.5, 0.6) is 0 Å². The molecule has 1 saturated heterocycles. The van der Waals surface area contributed by atoms with Crippen molar-refractivity contribution < 1.29 is 28.9 Å². The van der Waals surface area contributed by atoms with E-state index in [1.54, 1.807) is 41.5 Å². The highest BCUT2D eigenvalue weighted by Gasteiger charge is 2.57. The zero-order valence-corrected chi connectivity index (χ0v) is 18.3. The number of aromatic amines is 1. The summed E-state index contributed by atoms with van der Waals surface area (Å²) in [5.74, 6) is -1.15. The van der Waals surface area contributed by atoms with Crippen LogP contribution in [0.25, 0.3) is 0 Å². The standard InChI is InChI=1S/C20H30N2O8/c1-18(2,3)15(24)28-10-11-13(30-16(25)19(4,5)6)20(7,27)14(29-11)22-12(23)8-9-21-17(22)26/h8-9,11,13-14,27H,10H2,1-7H3,(H,21,26)/t11-,13-,14-,20+/m1/s1. The Morgan fingerprint density at radius 1 is 1.17 bits per heavy atom. The van der Waals surface area contributed by atoms with Crippen LogP contribution in [0.15, 0.2) is 21.9 Å². The van der Waals surface area contributed by atoms with Gasteiger partial charge in [-0.2, -0.15) is 0 Å². The zero-order chi connectivity index (χ0) is 23.1. The molecule has 0 unspecified atom stereocenters. The summed E-state index contributed by atoms with van der Waals surface area (Å²) in [6.45, 7) is 10.9. The molecular formula is C20H30N2O8. The highest BCUT2D eigenvalue weighted by molar-refractivity contribution is 5.76. The average Bonchev–Trinajstić information content (AvgIpc) is 2.82. The van der Waals surface area contributed by atoms with Gasteiger partial charge in [0.25, 0.3) is 5.56 Å². The third kappa shape index (κ3) is 4.81. The number of esters is 2. The lowest BCUT2D eigenvalue weighted by Gasteiger charge is -2.31. The van der Waals surface area contributed by atoms with Crippen LogP contribution in [-0.2, 0) is 23.8 Å². The molecule has 0 amide bonds. The molecule has 1 aliphatic rings. The number of carbonyl (C=O) groups is 2. The number of rotatable bonds is 4. The lowest BCUT2D eigenvalue weighted by Crippen LogP contribution is -2.51. The summed E-state index contributed by atoms with van der Waals surface area (Å²) in [7, 11) is 0. The monoisotopic (exact) mass is 426 g/mol. The highest BCUT2D eigenvalue weighted by Crippen LogP contribution is 2.40. The number of nitrogens with one attached hydrogen (secondary N) is 1. The van der Waals surface area contributed by atoms with Crippen molar-refractivity contribution in [3.05, 3.63) is 33.1 Å². The van der Waals surface area contributed by atoms with Crippen LogP contribution < -0.4 is 11.2 Å². The van der Waals surface area contributed by atoms with E-state index < -0.39 is 58.1 Å². The second-order valence-electron chi connectivity index (χ2n) is 9.67. The van der Waals surface area contributed by atoms with E-state index in [1.807, 2.05) is 0 Å². The predicted octanol–water partition coefficient (Wildman–Crippen LogP) is 0.732. The van der Waals surface area contributed by atoms with E-state index >= 15 is 0 Å². The van der Waals surface area contributed by atoms with Crippen LogP contribution >= 0.6 is 0 Å². The molecule has 0 spiro atoms. The molecule has 0 radical (unpaired) electrons. The van der Waals surface area contributed by atoms with Gasteiger partial charge in [-0.15, -0.1) is 0 Å². The molecule has 0 saturated carbocycles. The molecule has 1 aromatic heterocycles. The van der Waals surface area contributed by atoms with Gasteiger partial charge >= 0.3 is 17.6 Å². The minimum absolute atomic E-state index is 0.343. The molecule has 2 N–H and O–H groups in total. The summed E-state index contributed by atoms with van der Waals surface area (Å²) < 4.78 is 17.3. The van der Waals surface area contributed by atoms with Gasteiger partial charge in [0.05, 0.1) is 10.8 Å². The van der Waals surface area contributed by atoms with Crippen LogP contribution in [0.1, 0.15) is 54.7 Å². The summed E-state index contributed by atoms with van der Waals surface area (Å²) in [6, 6.07) is 1.10. The maximum absolute atomic E-state index is 12.5. The second-order valence-corrected chi connectivity index (χ2v) is 9.67. The van der Waals surface area contributed by atoms with E-state index in [-0.39, 0.29) is 6.61 Å². The fourth-order valence-corrected chi connectivity index (χ4v) is 2.86. The van der Waals surface area contributed by atoms with Crippen molar-refractivity contribution in [3.8, 4) is 0 Å². The quantitative estimate of drug-likeness (QED) is 0.673. The minimum Gasteiger partial charge on any atom is -0.462 e. The van der Waals surface area contributed by atoms with Crippen molar-refractivity contribution in [2.75, 3.05) is 6.61 Å². The van der Waals surface area contributed by atoms with Crippen LogP contribution in [0.2, 0.25) is 0 Å². The van der Waals surface area contributed by atoms with Crippen LogP contribution in [0, 0.1) is 10.8 Å². The molecule has 10 heteroatoms. The van der Waals surface area contributed by atoms with E-state index in [0.717, 1.165) is 6.07 Å². The van der Waals surface area contributed by atoms with Crippen LogP contribution in [0.3, 0.4) is 0 Å². The number of ether oxygens (including phenoxy) is 3. The van der Waals surface area contributed by atoms with Crippen molar-refractivity contribution in [1.29, 1.82) is 0 Å². The number of carbonyl (C=O) groups excluding carboxylic acids is 2. The summed E-state index contributed by atoms with van der Waals surface area (Å²) in [6.07, 6.45) is -2.70. The van der Waals surface area contributed by atoms with Crippen molar-refractivity contribution >= 4 is 11.9 Å². The van der Waals surface area contributed by atoms with Crippen molar-refractivity contribution in [3.63, 3.8) is 0 Å². The molecule has 0 aliphatic carbocycles. The maximum atomic E-state index is 12.5. The molecule has 168 valence electrons. The lowest BCUT2D eigenvalue weighted by atomic mass is 9.93. The van der Waals surface area contributed by atoms with Gasteiger partial charge in [-0.1, -0.05) is 0 Å². The molecule has 1 aromatic rings. The molecule has 2 rings (SSSR count). The van der Waals surface area contributed by atoms with Crippen molar-refractivity contribution in [2.24, 2.45) is 10.8 Å². The summed E-state index contributed by atoms with van der Waals surface area (Å²) in [4.78, 5) is 51.5. The van der Waals surface area contributed by atoms with Gasteiger partial charge in [0.15, 0.2) is 12.3 Å². The Kier molecular flexibility index (Phi) is 6.34. The Morgan fingerprint density at radius 3 is 2.23 bits per heavy atom. The lowest BCUT2D eigenvalue weighted by molar-refractivity contribution is -0.175. The first-order valence-corrected chi connectivity index (χ1v) is 9.63. The van der Waals surface area contributed by atoms with Crippen LogP contribution in [-0.4, -0.2) is 51.0 Å². The van der Waals surface area contributed by atoms with Gasteiger partial charge in [0.1, 0.15) is 18.3 Å². The number of hydrogen-bond donors (Lipinski definition) is 2. The summed E-state index contributed by atoms with van der Waals surface area (Å²) in [5.41, 5.74) is -5.15. The van der Waals surface area contributed by atoms with Gasteiger partial charge < -0.3 is 24.3 Å². The third-order valence-corrected chi connectivity index (χ3v) is 4.68. The van der Waals surface area contributed by atoms with E-state index in [1.165, 1.54) is 13.1 Å². The fourth-order valence-electron chi connectivity index (χ4n) is 2.86. The Labute approximate surface area is 174 Å². The average molecular weight is 426 g/mol. The van der Waals surface area contributed by atoms with Crippen molar-refractivity contribution in [2.45, 2.75) is 72.5 Å². The van der Waals surface area contributed by atoms with Gasteiger partial charge in [0, 0.05) is 12.3 Å². The number of aromatic nitrogens is 2. The molecule has 0 aromatic carbocycles. The summed E-state index contributed by atoms with van der Waals surface area (Å²) >= 11 is 0. The molecule has 10 nitrogen and oxygen atoms in total. The van der Waals surface area contributed by atoms with Crippen molar-refractivity contribution in [1.82, 2.24) is 9.55 Å². The van der Waals surface area contributed by atoms with Gasteiger partial charge in [-0.25, -0.2) is 9.36 Å². The molecule has 1 aliphatic heterocycles. The molecule has 4 atom stereocenters. The first-order valence-electron chi connectivity index (χ1n) is 9.63. The molecule has 0 bridgehead atoms. The number of nitrogens with zero attached hydrogens (tertiary/aromatic N) is 1. The number of aliphatic hydroxyl groups is 1. The minimum atomic E-state index is -1.96. The first kappa shape index (κ1) is 23.8. The fraction of sp³-hybridized carbons (Fsp3) is 0.700. The van der Waals surface area contributed by atoms with Gasteiger partial charge in [-0.3, -0.25) is 14.4 Å². The van der Waals surface area contributed by atoms with E-state index in [2.05, 4.69) is 4.98 Å². The van der Waals surface area contributed by atoms with Crippen LogP contribution in [0.4, 0.5) is 0 Å². The number of H-pyrrole nitrogens is 1. The Bertz CT molecular complexity index is 888. The molecular weight excluding hydrogens is 396 g/mol. The van der Waals surface area contributed by atoms with E-state index in [0.29, 0.717) is 4.57 Å². The maximum Gasteiger partial charge on any atom is 0.330 e. The Balaban J connectivity index is 2.42. The predicted molar refractivity (Wildman–Crippen MR) is 106 cm³/mol. The number of hydrogen-bond acceptors (Lipinski definition) is 8. The highest BCUT2D eigenvalue weighted by atomic mass is 16.6. The smallest absolute Gasteiger partial charge is 0.330 e. The summed E-state index contributed by atoms with van der Waals surface area (Å²) in [5, 5.41) is 11.2. The molecule has 30 heavy (non-hydrogen) atoms. The van der Waals surface area contributed by atoms with Gasteiger partial charge in [-0.05, 0) is 48.5 Å². The van der Waals surface area contributed by atoms with Gasteiger partial charge in [0.2, 0.25) is 0 Å². The van der Waals surface area contributed by atoms with E-state index in [9.17, 15) is 24.3 Å². The first-order chi connectivity index (χ1) is 13.6. The Hall–Kier alpha value is -2.46. The largest absolute Gasteiger partial charge is 0.462 e. The Morgan fingerprint density at radius 2 is 1.73 bits per heavy atom. The second kappa shape index (κ2) is 7.99. The normalized spacial score (nSPS) is 27.0. The zero-order valence-electron chi connectivity index (χ0n) is 18.3. The van der Waals surface area contributed by atoms with E-state index in [4.69, 9.17) is 14.2 Å².